The van der Waals surface area contributed by atoms with E-state index < -0.39 is 6.04 Å². The molecular formula is C26H35N3O5. The van der Waals surface area contributed by atoms with Crippen LogP contribution < -0.4 is 15.4 Å². The van der Waals surface area contributed by atoms with Gasteiger partial charge < -0.3 is 19.7 Å². The van der Waals surface area contributed by atoms with Crippen molar-refractivity contribution in [1.82, 2.24) is 15.5 Å². The van der Waals surface area contributed by atoms with Crippen molar-refractivity contribution in [2.45, 2.75) is 88.6 Å². The number of ether oxygens (including phenoxy) is 2. The molecule has 5 rings (SSSR count). The average Bonchev–Trinajstić information content (AvgIpc) is 3.41. The van der Waals surface area contributed by atoms with Gasteiger partial charge in [0.25, 0.3) is 5.91 Å². The zero-order valence-corrected chi connectivity index (χ0v) is 19.9. The van der Waals surface area contributed by atoms with E-state index in [9.17, 15) is 14.4 Å². The minimum absolute atomic E-state index is 0.122. The first-order chi connectivity index (χ1) is 16.5. The number of imide groups is 1. The van der Waals surface area contributed by atoms with Gasteiger partial charge in [-0.25, -0.2) is 0 Å². The molecule has 2 heterocycles. The molecule has 1 aromatic carbocycles. The molecule has 4 aliphatic rings. The monoisotopic (exact) mass is 469 g/mol. The Kier molecular flexibility index (Phi) is 6.88. The first-order valence-electron chi connectivity index (χ1n) is 12.7. The zero-order valence-electron chi connectivity index (χ0n) is 19.9. The lowest BCUT2D eigenvalue weighted by Crippen LogP contribution is -2.52. The van der Waals surface area contributed by atoms with Crippen molar-refractivity contribution >= 4 is 17.7 Å². The van der Waals surface area contributed by atoms with E-state index in [-0.39, 0.29) is 30.2 Å². The summed E-state index contributed by atoms with van der Waals surface area (Å²) in [6.07, 6.45) is 9.19. The van der Waals surface area contributed by atoms with Crippen LogP contribution in [0.25, 0.3) is 0 Å². The molecule has 3 atom stereocenters. The van der Waals surface area contributed by atoms with Gasteiger partial charge in [0.05, 0.1) is 6.10 Å². The lowest BCUT2D eigenvalue weighted by molar-refractivity contribution is -0.136. The molecule has 3 amide bonds. The average molecular weight is 470 g/mol. The highest BCUT2D eigenvalue weighted by molar-refractivity contribution is 6.05. The Bertz CT molecular complexity index is 942. The van der Waals surface area contributed by atoms with Gasteiger partial charge in [-0.15, -0.1) is 0 Å². The predicted octanol–water partition coefficient (Wildman–Crippen LogP) is 2.54. The van der Waals surface area contributed by atoms with Gasteiger partial charge in [0.1, 0.15) is 17.9 Å². The summed E-state index contributed by atoms with van der Waals surface area (Å²) < 4.78 is 11.9. The number of methoxy groups -OCH3 is 1. The van der Waals surface area contributed by atoms with Gasteiger partial charge in [0.2, 0.25) is 11.8 Å². The summed E-state index contributed by atoms with van der Waals surface area (Å²) >= 11 is 0. The largest absolute Gasteiger partial charge is 0.489 e. The van der Waals surface area contributed by atoms with E-state index in [1.165, 1.54) is 12.8 Å². The molecule has 3 unspecified atom stereocenters. The van der Waals surface area contributed by atoms with Gasteiger partial charge in [0, 0.05) is 31.7 Å². The molecule has 184 valence electrons. The third-order valence-corrected chi connectivity index (χ3v) is 8.03. The van der Waals surface area contributed by atoms with Gasteiger partial charge in [-0.1, -0.05) is 0 Å². The van der Waals surface area contributed by atoms with Crippen LogP contribution in [0.3, 0.4) is 0 Å². The fraction of sp³-hybridized carbons (Fsp3) is 0.654. The van der Waals surface area contributed by atoms with Crippen molar-refractivity contribution in [3.63, 3.8) is 0 Å². The second kappa shape index (κ2) is 10.0. The Morgan fingerprint density at radius 1 is 1.06 bits per heavy atom. The van der Waals surface area contributed by atoms with Gasteiger partial charge in [-0.3, -0.25) is 19.7 Å². The fourth-order valence-electron chi connectivity index (χ4n) is 5.99. The molecule has 2 N–H and O–H groups in total. The summed E-state index contributed by atoms with van der Waals surface area (Å²) in [5.41, 5.74) is 1.49. The second-order valence-corrected chi connectivity index (χ2v) is 10.2. The van der Waals surface area contributed by atoms with Gasteiger partial charge in [0.15, 0.2) is 0 Å². The molecule has 3 fully saturated rings. The summed E-state index contributed by atoms with van der Waals surface area (Å²) in [6.45, 7) is 1.40. The number of amides is 3. The molecule has 2 saturated carbocycles. The van der Waals surface area contributed by atoms with E-state index in [2.05, 4.69) is 10.6 Å². The number of nitrogens with zero attached hydrogens (tertiary/aromatic N) is 1. The molecule has 8 nitrogen and oxygen atoms in total. The van der Waals surface area contributed by atoms with Crippen LogP contribution in [0.2, 0.25) is 0 Å². The maximum absolute atomic E-state index is 12.9. The first kappa shape index (κ1) is 23.3. The standard InChI is InChI=1S/C26H35N3O5/c1-33-18-7-5-16(6-8-18)14-27-21-3-2-4-23(21)34-19-9-10-20-17(13-19)15-29(26(20)32)22-11-12-24(30)28-25(22)31/h9-10,13,16,18,21-23,27H,2-8,11-12,14-15H2,1H3,(H,28,30,31). The maximum Gasteiger partial charge on any atom is 0.255 e. The summed E-state index contributed by atoms with van der Waals surface area (Å²) in [5, 5.41) is 6.12. The second-order valence-electron chi connectivity index (χ2n) is 10.2. The Morgan fingerprint density at radius 2 is 1.88 bits per heavy atom. The maximum atomic E-state index is 12.9. The van der Waals surface area contributed by atoms with E-state index in [4.69, 9.17) is 9.47 Å². The highest BCUT2D eigenvalue weighted by Crippen LogP contribution is 2.32. The third-order valence-electron chi connectivity index (χ3n) is 8.03. The van der Waals surface area contributed by atoms with Crippen molar-refractivity contribution < 1.29 is 23.9 Å². The Hall–Kier alpha value is -2.45. The van der Waals surface area contributed by atoms with Crippen molar-refractivity contribution in [3.8, 4) is 5.75 Å². The van der Waals surface area contributed by atoms with E-state index in [0.717, 1.165) is 50.0 Å². The normalized spacial score (nSPS) is 31.5. The van der Waals surface area contributed by atoms with E-state index >= 15 is 0 Å². The van der Waals surface area contributed by atoms with Crippen LogP contribution in [0.5, 0.6) is 5.75 Å². The zero-order chi connectivity index (χ0) is 23.7. The van der Waals surface area contributed by atoms with Crippen LogP contribution in [-0.2, 0) is 20.9 Å². The summed E-state index contributed by atoms with van der Waals surface area (Å²) in [7, 11) is 1.81. The predicted molar refractivity (Wildman–Crippen MR) is 125 cm³/mol. The van der Waals surface area contributed by atoms with Crippen LogP contribution in [0.15, 0.2) is 18.2 Å². The van der Waals surface area contributed by atoms with E-state index in [1.54, 1.807) is 4.90 Å². The number of carbonyl (C=O) groups is 3. The van der Waals surface area contributed by atoms with E-state index in [1.807, 2.05) is 25.3 Å². The molecule has 2 aliphatic heterocycles. The lowest BCUT2D eigenvalue weighted by Gasteiger charge is -2.30. The van der Waals surface area contributed by atoms with Crippen LogP contribution in [0.4, 0.5) is 0 Å². The number of nitrogens with one attached hydrogen (secondary N) is 2. The van der Waals surface area contributed by atoms with Gasteiger partial charge in [-0.05, 0) is 87.6 Å². The first-order valence-corrected chi connectivity index (χ1v) is 12.7. The smallest absolute Gasteiger partial charge is 0.255 e. The fourth-order valence-corrected chi connectivity index (χ4v) is 5.99. The quantitative estimate of drug-likeness (QED) is 0.596. The number of hydrogen-bond acceptors (Lipinski definition) is 6. The van der Waals surface area contributed by atoms with Crippen LogP contribution in [0.1, 0.15) is 73.7 Å². The topological polar surface area (TPSA) is 97.0 Å². The summed E-state index contributed by atoms with van der Waals surface area (Å²) in [6, 6.07) is 5.37. The van der Waals surface area contributed by atoms with Crippen molar-refractivity contribution in [1.29, 1.82) is 0 Å². The number of piperidine rings is 1. The SMILES string of the molecule is COC1CCC(CNC2CCCC2Oc2ccc3c(c2)CN(C2CCC(=O)NC2=O)C3=O)CC1. The Labute approximate surface area is 200 Å². The number of benzene rings is 1. The molecule has 34 heavy (non-hydrogen) atoms. The van der Waals surface area contributed by atoms with Crippen molar-refractivity contribution in [2.24, 2.45) is 5.92 Å². The molecule has 8 heteroatoms. The minimum Gasteiger partial charge on any atom is -0.489 e. The van der Waals surface area contributed by atoms with Crippen molar-refractivity contribution in [2.75, 3.05) is 13.7 Å². The van der Waals surface area contributed by atoms with E-state index in [0.29, 0.717) is 36.6 Å². The number of hydrogen-bond donors (Lipinski definition) is 2. The molecule has 0 spiro atoms. The minimum atomic E-state index is -0.593. The number of fused-ring (bicyclic) bond motifs is 1. The number of carbonyl (C=O) groups excluding carboxylic acids is 3. The van der Waals surface area contributed by atoms with Crippen molar-refractivity contribution in [3.05, 3.63) is 29.3 Å². The highest BCUT2D eigenvalue weighted by Gasteiger charge is 2.39. The summed E-state index contributed by atoms with van der Waals surface area (Å²) in [5.74, 6) is 0.667. The molecular weight excluding hydrogens is 434 g/mol. The van der Waals surface area contributed by atoms with Crippen LogP contribution >= 0.6 is 0 Å². The van der Waals surface area contributed by atoms with Crippen LogP contribution in [-0.4, -0.2) is 60.6 Å². The molecule has 0 aromatic heterocycles. The van der Waals surface area contributed by atoms with Crippen LogP contribution in [0, 0.1) is 5.92 Å². The molecule has 2 aliphatic carbocycles. The van der Waals surface area contributed by atoms with Gasteiger partial charge >= 0.3 is 0 Å². The highest BCUT2D eigenvalue weighted by atomic mass is 16.5. The molecule has 1 saturated heterocycles. The lowest BCUT2D eigenvalue weighted by atomic mass is 9.87. The molecule has 0 radical (unpaired) electrons. The Morgan fingerprint density at radius 3 is 2.65 bits per heavy atom. The van der Waals surface area contributed by atoms with Gasteiger partial charge in [-0.2, -0.15) is 0 Å². The third kappa shape index (κ3) is 4.84. The number of rotatable bonds is 7. The molecule has 1 aromatic rings. The Balaban J connectivity index is 1.17. The molecule has 0 bridgehead atoms. The summed E-state index contributed by atoms with van der Waals surface area (Å²) in [4.78, 5) is 38.2.